The van der Waals surface area contributed by atoms with Gasteiger partial charge in [-0.3, -0.25) is 0 Å². The number of fused-ring (bicyclic) bond motifs is 1. The van der Waals surface area contributed by atoms with Gasteiger partial charge in [0, 0.05) is 22.3 Å². The van der Waals surface area contributed by atoms with Crippen LogP contribution in [0.1, 0.15) is 0 Å². The minimum atomic E-state index is -3.62. The van der Waals surface area contributed by atoms with Gasteiger partial charge in [-0.1, -0.05) is 18.2 Å². The van der Waals surface area contributed by atoms with Gasteiger partial charge in [0.1, 0.15) is 0 Å². The molecule has 0 amide bonds. The van der Waals surface area contributed by atoms with Crippen LogP contribution in [0.25, 0.3) is 10.9 Å². The average Bonchev–Trinajstić information content (AvgIpc) is 2.90. The van der Waals surface area contributed by atoms with Gasteiger partial charge < -0.3 is 4.98 Å². The van der Waals surface area contributed by atoms with Crippen molar-refractivity contribution in [3.63, 3.8) is 0 Å². The third-order valence-electron chi connectivity index (χ3n) is 2.82. The van der Waals surface area contributed by atoms with Crippen LogP contribution < -0.4 is 0 Å². The molecule has 0 bridgehead atoms. The van der Waals surface area contributed by atoms with Gasteiger partial charge in [-0.25, -0.2) is 13.4 Å². The van der Waals surface area contributed by atoms with E-state index in [0.29, 0.717) is 5.52 Å². The van der Waals surface area contributed by atoms with Gasteiger partial charge in [0.25, 0.3) is 0 Å². The van der Waals surface area contributed by atoms with E-state index in [1.807, 2.05) is 6.07 Å². The maximum atomic E-state index is 12.6. The highest BCUT2D eigenvalue weighted by Crippen LogP contribution is 2.29. The van der Waals surface area contributed by atoms with Crippen molar-refractivity contribution in [1.82, 2.24) is 9.97 Å². The summed E-state index contributed by atoms with van der Waals surface area (Å²) in [7, 11) is -3.62. The number of aromatic nitrogens is 2. The Morgan fingerprint density at radius 1 is 1.11 bits per heavy atom. The van der Waals surface area contributed by atoms with E-state index >= 15 is 0 Å². The Hall–Kier alpha value is -1.66. The molecule has 0 fully saturated rings. The van der Waals surface area contributed by atoms with E-state index in [2.05, 4.69) is 25.9 Å². The molecule has 0 saturated carbocycles. The van der Waals surface area contributed by atoms with E-state index in [9.17, 15) is 8.42 Å². The van der Waals surface area contributed by atoms with Crippen molar-refractivity contribution < 1.29 is 8.42 Å². The van der Waals surface area contributed by atoms with Crippen molar-refractivity contribution in [3.8, 4) is 0 Å². The minimum Gasteiger partial charge on any atom is -0.359 e. The molecule has 6 heteroatoms. The van der Waals surface area contributed by atoms with Gasteiger partial charge in [0.05, 0.1) is 10.4 Å². The zero-order valence-corrected chi connectivity index (χ0v) is 12.1. The molecule has 0 aliphatic heterocycles. The van der Waals surface area contributed by atoms with E-state index in [0.717, 1.165) is 9.86 Å². The second kappa shape index (κ2) is 4.47. The number of hydrogen-bond acceptors (Lipinski definition) is 3. The summed E-state index contributed by atoms with van der Waals surface area (Å²) in [6.45, 7) is 0. The molecule has 3 rings (SSSR count). The molecule has 0 atom stereocenters. The zero-order chi connectivity index (χ0) is 13.5. The smallest absolute Gasteiger partial charge is 0.225 e. The fourth-order valence-electron chi connectivity index (χ4n) is 1.91. The van der Waals surface area contributed by atoms with Gasteiger partial charge in [-0.2, -0.15) is 0 Å². The largest absolute Gasteiger partial charge is 0.359 e. The summed E-state index contributed by atoms with van der Waals surface area (Å²) in [6, 6.07) is 10.1. The third-order valence-corrected chi connectivity index (χ3v) is 5.16. The summed E-state index contributed by atoms with van der Waals surface area (Å²) in [5, 5.41) is 0.839. The lowest BCUT2D eigenvalue weighted by atomic mass is 10.3. The highest BCUT2D eigenvalue weighted by atomic mass is 79.9. The van der Waals surface area contributed by atoms with Gasteiger partial charge in [0.15, 0.2) is 5.03 Å². The maximum absolute atomic E-state index is 12.6. The molecule has 4 nitrogen and oxygen atoms in total. The highest BCUT2D eigenvalue weighted by molar-refractivity contribution is 9.10. The van der Waals surface area contributed by atoms with Crippen LogP contribution in [0.4, 0.5) is 0 Å². The van der Waals surface area contributed by atoms with Crippen LogP contribution in [-0.4, -0.2) is 18.4 Å². The van der Waals surface area contributed by atoms with Crippen LogP contribution in [0.15, 0.2) is 63.2 Å². The molecule has 0 unspecified atom stereocenters. The lowest BCUT2D eigenvalue weighted by Gasteiger charge is -2.05. The molecule has 3 aromatic rings. The molecule has 96 valence electrons. The number of benzene rings is 1. The molecular formula is C13H9BrN2O2S. The Morgan fingerprint density at radius 2 is 1.84 bits per heavy atom. The quantitative estimate of drug-likeness (QED) is 0.781. The summed E-state index contributed by atoms with van der Waals surface area (Å²) in [5.74, 6) is 0. The molecule has 2 aromatic heterocycles. The number of nitrogens with one attached hydrogen (secondary N) is 1. The maximum Gasteiger partial charge on any atom is 0.225 e. The van der Waals surface area contributed by atoms with E-state index in [4.69, 9.17) is 0 Å². The van der Waals surface area contributed by atoms with Crippen LogP contribution in [0.5, 0.6) is 0 Å². The summed E-state index contributed by atoms with van der Waals surface area (Å²) < 4.78 is 25.9. The Labute approximate surface area is 118 Å². The van der Waals surface area contributed by atoms with E-state index in [1.165, 1.54) is 6.20 Å². The van der Waals surface area contributed by atoms with Crippen molar-refractivity contribution in [2.75, 3.05) is 0 Å². The predicted octanol–water partition coefficient (Wildman–Crippen LogP) is 3.16. The van der Waals surface area contributed by atoms with Gasteiger partial charge >= 0.3 is 0 Å². The highest BCUT2D eigenvalue weighted by Gasteiger charge is 2.23. The number of halogens is 1. The summed E-state index contributed by atoms with van der Waals surface area (Å²) in [4.78, 5) is 7.23. The van der Waals surface area contributed by atoms with Crippen LogP contribution in [0.2, 0.25) is 0 Å². The summed E-state index contributed by atoms with van der Waals surface area (Å²) in [6.07, 6.45) is 3.20. The van der Waals surface area contributed by atoms with Crippen LogP contribution >= 0.6 is 15.9 Å². The molecule has 0 aliphatic rings. The fraction of sp³-hybridized carbons (Fsp3) is 0. The fourth-order valence-corrected chi connectivity index (χ4v) is 3.71. The first-order valence-corrected chi connectivity index (χ1v) is 7.80. The molecule has 2 heterocycles. The molecule has 0 spiro atoms. The number of sulfone groups is 1. The topological polar surface area (TPSA) is 62.8 Å². The normalized spacial score (nSPS) is 11.8. The Bertz CT molecular complexity index is 841. The number of pyridine rings is 1. The van der Waals surface area contributed by atoms with E-state index in [1.54, 1.807) is 36.5 Å². The van der Waals surface area contributed by atoms with E-state index in [-0.39, 0.29) is 9.92 Å². The second-order valence-electron chi connectivity index (χ2n) is 3.99. The molecular weight excluding hydrogens is 328 g/mol. The van der Waals surface area contributed by atoms with Gasteiger partial charge in [0.2, 0.25) is 9.84 Å². The average molecular weight is 337 g/mol. The first-order chi connectivity index (χ1) is 9.10. The van der Waals surface area contributed by atoms with Crippen LogP contribution in [0.3, 0.4) is 0 Å². The van der Waals surface area contributed by atoms with Crippen molar-refractivity contribution in [2.45, 2.75) is 9.92 Å². The Morgan fingerprint density at radius 3 is 2.58 bits per heavy atom. The van der Waals surface area contributed by atoms with Gasteiger partial charge in [-0.05, 0) is 34.1 Å². The molecule has 0 saturated heterocycles. The minimum absolute atomic E-state index is 0.0434. The van der Waals surface area contributed by atoms with Crippen molar-refractivity contribution >= 4 is 36.7 Å². The summed E-state index contributed by atoms with van der Waals surface area (Å²) in [5.41, 5.74) is 0.512. The molecule has 0 radical (unpaired) electrons. The van der Waals surface area contributed by atoms with Gasteiger partial charge in [-0.15, -0.1) is 0 Å². The Kier molecular flexibility index (Phi) is 2.91. The zero-order valence-electron chi connectivity index (χ0n) is 9.67. The van der Waals surface area contributed by atoms with Crippen LogP contribution in [0, 0.1) is 0 Å². The molecule has 1 aromatic carbocycles. The number of H-pyrrole nitrogens is 1. The SMILES string of the molecule is O=S(=O)(c1ccccc1)c1ncc(Br)c2cc[nH]c12. The number of rotatable bonds is 2. The first-order valence-electron chi connectivity index (χ1n) is 5.52. The number of nitrogens with zero attached hydrogens (tertiary/aromatic N) is 1. The van der Waals surface area contributed by atoms with Crippen molar-refractivity contribution in [3.05, 3.63) is 53.3 Å². The predicted molar refractivity (Wildman–Crippen MR) is 75.7 cm³/mol. The summed E-state index contributed by atoms with van der Waals surface area (Å²) >= 11 is 3.36. The van der Waals surface area contributed by atoms with Crippen molar-refractivity contribution in [1.29, 1.82) is 0 Å². The second-order valence-corrected chi connectivity index (χ2v) is 6.71. The van der Waals surface area contributed by atoms with E-state index < -0.39 is 9.84 Å². The lowest BCUT2D eigenvalue weighted by molar-refractivity contribution is 0.593. The molecule has 0 aliphatic carbocycles. The number of aromatic amines is 1. The van der Waals surface area contributed by atoms with Crippen LogP contribution in [-0.2, 0) is 9.84 Å². The molecule has 19 heavy (non-hydrogen) atoms. The number of hydrogen-bond donors (Lipinski definition) is 1. The molecule has 1 N–H and O–H groups in total. The lowest BCUT2D eigenvalue weighted by Crippen LogP contribution is -2.05. The first kappa shape index (κ1) is 12.4. The monoisotopic (exact) mass is 336 g/mol. The standard InChI is InChI=1S/C13H9BrN2O2S/c14-11-8-16-13(12-10(11)6-7-15-12)19(17,18)9-4-2-1-3-5-9/h1-8,15H. The Balaban J connectivity index is 2.31. The third kappa shape index (κ3) is 1.97. The van der Waals surface area contributed by atoms with Crippen molar-refractivity contribution in [2.24, 2.45) is 0 Å².